The molecule has 0 aromatic heterocycles. The molecule has 1 aromatic carbocycles. The van der Waals surface area contributed by atoms with Crippen LogP contribution in [0.15, 0.2) is 18.2 Å². The first-order chi connectivity index (χ1) is 9.47. The summed E-state index contributed by atoms with van der Waals surface area (Å²) in [5.74, 6) is 0.133. The maximum Gasteiger partial charge on any atom is 0.226 e. The molecule has 1 amide bonds. The molecule has 110 valence electrons. The van der Waals surface area contributed by atoms with Gasteiger partial charge in [-0.1, -0.05) is 20.8 Å². The van der Waals surface area contributed by atoms with E-state index in [0.717, 1.165) is 19.5 Å². The molecule has 0 saturated carbocycles. The Bertz CT molecular complexity index is 487. The van der Waals surface area contributed by atoms with Crippen molar-refractivity contribution in [1.29, 1.82) is 0 Å². The molecule has 0 aliphatic carbocycles. The molecule has 2 rings (SSSR count). The second kappa shape index (κ2) is 6.25. The van der Waals surface area contributed by atoms with Crippen molar-refractivity contribution in [3.05, 3.63) is 24.0 Å². The summed E-state index contributed by atoms with van der Waals surface area (Å²) in [6, 6.07) is 4.95. The zero-order valence-electron chi connectivity index (χ0n) is 12.4. The Morgan fingerprint density at radius 2 is 2.20 bits per heavy atom. The fourth-order valence-corrected chi connectivity index (χ4v) is 2.54. The number of carbonyl (C=O) groups is 1. The lowest BCUT2D eigenvalue weighted by Crippen LogP contribution is -2.34. The van der Waals surface area contributed by atoms with Crippen molar-refractivity contribution in [2.75, 3.05) is 23.3 Å². The molecule has 1 atom stereocenters. The van der Waals surface area contributed by atoms with Gasteiger partial charge in [0.2, 0.25) is 5.91 Å². The van der Waals surface area contributed by atoms with Gasteiger partial charge in [-0.15, -0.1) is 0 Å². The highest BCUT2D eigenvalue weighted by molar-refractivity contribution is 5.92. The first-order valence-corrected chi connectivity index (χ1v) is 7.32. The summed E-state index contributed by atoms with van der Waals surface area (Å²) >= 11 is 0. The van der Waals surface area contributed by atoms with Crippen molar-refractivity contribution >= 4 is 17.3 Å². The van der Waals surface area contributed by atoms with Gasteiger partial charge < -0.3 is 10.2 Å². The third kappa shape index (κ3) is 3.50. The number of halogens is 1. The zero-order valence-corrected chi connectivity index (χ0v) is 12.4. The fraction of sp³-hybridized carbons (Fsp3) is 0.562. The van der Waals surface area contributed by atoms with E-state index in [2.05, 4.69) is 17.1 Å². The minimum Gasteiger partial charge on any atom is -0.369 e. The molecule has 1 aromatic rings. The van der Waals surface area contributed by atoms with Crippen LogP contribution in [0.4, 0.5) is 15.8 Å². The van der Waals surface area contributed by atoms with Gasteiger partial charge in [0.1, 0.15) is 5.82 Å². The number of nitrogens with one attached hydrogen (secondary N) is 1. The Balaban J connectivity index is 2.11. The lowest BCUT2D eigenvalue weighted by Gasteiger charge is -2.33. The standard InChI is InChI=1S/C16H23FN2O/c1-11(2)16(20)18-13-6-7-15(14(17)9-13)19-8-4-5-12(3)10-19/h6-7,9,11-12H,4-5,8,10H2,1-3H3,(H,18,20). The van der Waals surface area contributed by atoms with Crippen molar-refractivity contribution in [2.45, 2.75) is 33.6 Å². The molecule has 1 unspecified atom stereocenters. The minimum absolute atomic E-state index is 0.0938. The highest BCUT2D eigenvalue weighted by Gasteiger charge is 2.19. The van der Waals surface area contributed by atoms with Gasteiger partial charge in [-0.3, -0.25) is 4.79 Å². The summed E-state index contributed by atoms with van der Waals surface area (Å²) in [7, 11) is 0. The summed E-state index contributed by atoms with van der Waals surface area (Å²) in [5, 5.41) is 2.72. The molecule has 1 saturated heterocycles. The second-order valence-corrected chi connectivity index (χ2v) is 6.00. The van der Waals surface area contributed by atoms with E-state index >= 15 is 0 Å². The van der Waals surface area contributed by atoms with Crippen molar-refractivity contribution in [3.8, 4) is 0 Å². The third-order valence-electron chi connectivity index (χ3n) is 3.74. The topological polar surface area (TPSA) is 32.3 Å². The lowest BCUT2D eigenvalue weighted by atomic mass is 9.99. The quantitative estimate of drug-likeness (QED) is 0.915. The van der Waals surface area contributed by atoms with Gasteiger partial charge in [-0.25, -0.2) is 4.39 Å². The van der Waals surface area contributed by atoms with E-state index in [1.165, 1.54) is 12.5 Å². The van der Waals surface area contributed by atoms with Crippen molar-refractivity contribution in [2.24, 2.45) is 11.8 Å². The average Bonchev–Trinajstić information content (AvgIpc) is 2.38. The van der Waals surface area contributed by atoms with E-state index < -0.39 is 0 Å². The number of benzene rings is 1. The van der Waals surface area contributed by atoms with Crippen LogP contribution in [0.3, 0.4) is 0 Å². The molecule has 4 heteroatoms. The molecule has 1 aliphatic heterocycles. The molecular formula is C16H23FN2O. The van der Waals surface area contributed by atoms with Gasteiger partial charge in [0.25, 0.3) is 0 Å². The van der Waals surface area contributed by atoms with Crippen molar-refractivity contribution in [1.82, 2.24) is 0 Å². The molecule has 1 heterocycles. The van der Waals surface area contributed by atoms with E-state index in [1.807, 2.05) is 13.8 Å². The van der Waals surface area contributed by atoms with Crippen LogP contribution in [0, 0.1) is 17.7 Å². The Labute approximate surface area is 120 Å². The molecule has 1 N–H and O–H groups in total. The SMILES string of the molecule is CC1CCCN(c2ccc(NC(=O)C(C)C)cc2F)C1. The number of piperidine rings is 1. The molecule has 1 aliphatic rings. The lowest BCUT2D eigenvalue weighted by molar-refractivity contribution is -0.118. The molecule has 1 fully saturated rings. The van der Waals surface area contributed by atoms with Crippen LogP contribution in [0.25, 0.3) is 0 Å². The number of nitrogens with zero attached hydrogens (tertiary/aromatic N) is 1. The normalized spacial score (nSPS) is 19.2. The number of anilines is 2. The fourth-order valence-electron chi connectivity index (χ4n) is 2.54. The van der Waals surface area contributed by atoms with E-state index in [4.69, 9.17) is 0 Å². The Morgan fingerprint density at radius 1 is 1.45 bits per heavy atom. The van der Waals surface area contributed by atoms with Crippen LogP contribution >= 0.6 is 0 Å². The van der Waals surface area contributed by atoms with Gasteiger partial charge in [-0.05, 0) is 37.0 Å². The first kappa shape index (κ1) is 14.8. The summed E-state index contributed by atoms with van der Waals surface area (Å²) in [6.45, 7) is 7.62. The van der Waals surface area contributed by atoms with Crippen molar-refractivity contribution in [3.63, 3.8) is 0 Å². The molecule has 0 radical (unpaired) electrons. The minimum atomic E-state index is -0.263. The molecular weight excluding hydrogens is 255 g/mol. The van der Waals surface area contributed by atoms with Crippen LogP contribution in [0.5, 0.6) is 0 Å². The number of rotatable bonds is 3. The predicted molar refractivity (Wildman–Crippen MR) is 80.5 cm³/mol. The van der Waals surface area contributed by atoms with Gasteiger partial charge in [0.05, 0.1) is 5.69 Å². The summed E-state index contributed by atoms with van der Waals surface area (Å²) < 4.78 is 14.2. The summed E-state index contributed by atoms with van der Waals surface area (Å²) in [4.78, 5) is 13.7. The van der Waals surface area contributed by atoms with E-state index in [9.17, 15) is 9.18 Å². The van der Waals surface area contributed by atoms with Gasteiger partial charge in [0.15, 0.2) is 0 Å². The predicted octanol–water partition coefficient (Wildman–Crippen LogP) is 3.66. The van der Waals surface area contributed by atoms with Gasteiger partial charge in [-0.2, -0.15) is 0 Å². The van der Waals surface area contributed by atoms with Crippen LogP contribution in [-0.4, -0.2) is 19.0 Å². The number of carbonyl (C=O) groups excluding carboxylic acids is 1. The molecule has 20 heavy (non-hydrogen) atoms. The second-order valence-electron chi connectivity index (χ2n) is 6.00. The number of amides is 1. The Hall–Kier alpha value is -1.58. The summed E-state index contributed by atoms with van der Waals surface area (Å²) in [6.07, 6.45) is 2.31. The zero-order chi connectivity index (χ0) is 14.7. The average molecular weight is 278 g/mol. The summed E-state index contributed by atoms with van der Waals surface area (Å²) in [5.41, 5.74) is 1.16. The van der Waals surface area contributed by atoms with Crippen molar-refractivity contribution < 1.29 is 9.18 Å². The highest BCUT2D eigenvalue weighted by atomic mass is 19.1. The number of hydrogen-bond acceptors (Lipinski definition) is 2. The highest BCUT2D eigenvalue weighted by Crippen LogP contribution is 2.27. The Morgan fingerprint density at radius 3 is 2.80 bits per heavy atom. The maximum atomic E-state index is 14.2. The van der Waals surface area contributed by atoms with Gasteiger partial charge >= 0.3 is 0 Å². The smallest absolute Gasteiger partial charge is 0.226 e. The van der Waals surface area contributed by atoms with Crippen LogP contribution < -0.4 is 10.2 Å². The molecule has 0 spiro atoms. The Kier molecular flexibility index (Phi) is 4.63. The van der Waals surface area contributed by atoms with E-state index in [1.54, 1.807) is 12.1 Å². The van der Waals surface area contributed by atoms with Crippen LogP contribution in [0.1, 0.15) is 33.6 Å². The molecule has 0 bridgehead atoms. The van der Waals surface area contributed by atoms with Crippen LogP contribution in [-0.2, 0) is 4.79 Å². The van der Waals surface area contributed by atoms with E-state index in [-0.39, 0.29) is 17.6 Å². The first-order valence-electron chi connectivity index (χ1n) is 7.32. The number of hydrogen-bond donors (Lipinski definition) is 1. The maximum absolute atomic E-state index is 14.2. The molecule has 3 nitrogen and oxygen atoms in total. The largest absolute Gasteiger partial charge is 0.369 e. The van der Waals surface area contributed by atoms with E-state index in [0.29, 0.717) is 17.3 Å². The third-order valence-corrected chi connectivity index (χ3v) is 3.74. The van der Waals surface area contributed by atoms with Gasteiger partial charge in [0, 0.05) is 24.7 Å². The monoisotopic (exact) mass is 278 g/mol. The van der Waals surface area contributed by atoms with Crippen LogP contribution in [0.2, 0.25) is 0 Å².